The van der Waals surface area contributed by atoms with Gasteiger partial charge >= 0.3 is 0 Å². The van der Waals surface area contributed by atoms with Gasteiger partial charge in [0.2, 0.25) is 5.82 Å². The van der Waals surface area contributed by atoms with Gasteiger partial charge in [0.1, 0.15) is 11.6 Å². The molecule has 0 aliphatic carbocycles. The third-order valence-electron chi connectivity index (χ3n) is 2.46. The number of nitrogens with zero attached hydrogens (tertiary/aromatic N) is 2. The molecule has 3 rings (SSSR count). The van der Waals surface area contributed by atoms with Crippen LogP contribution in [0.15, 0.2) is 41.1 Å². The molecular formula is C12H8FN3O2. The maximum Gasteiger partial charge on any atom is 0.262 e. The van der Waals surface area contributed by atoms with Crippen molar-refractivity contribution in [3.05, 3.63) is 42.3 Å². The number of phenols is 1. The van der Waals surface area contributed by atoms with Crippen LogP contribution in [0.5, 0.6) is 5.75 Å². The van der Waals surface area contributed by atoms with Crippen LogP contribution in [0.25, 0.3) is 23.0 Å². The minimum atomic E-state index is -0.527. The van der Waals surface area contributed by atoms with Crippen molar-refractivity contribution in [3.63, 3.8) is 0 Å². The van der Waals surface area contributed by atoms with Crippen LogP contribution in [0, 0.1) is 5.82 Å². The lowest BCUT2D eigenvalue weighted by Gasteiger charge is -1.97. The summed E-state index contributed by atoms with van der Waals surface area (Å²) in [6.45, 7) is 0. The van der Waals surface area contributed by atoms with Gasteiger partial charge in [0.25, 0.3) is 5.89 Å². The van der Waals surface area contributed by atoms with Gasteiger partial charge in [-0.05, 0) is 24.3 Å². The minimum absolute atomic E-state index is 0.136. The van der Waals surface area contributed by atoms with Crippen molar-refractivity contribution in [2.24, 2.45) is 0 Å². The Morgan fingerprint density at radius 1 is 1.28 bits per heavy atom. The van der Waals surface area contributed by atoms with Crippen molar-refractivity contribution in [1.82, 2.24) is 15.1 Å². The molecule has 5 nitrogen and oxygen atoms in total. The number of aromatic amines is 1. The van der Waals surface area contributed by atoms with E-state index in [1.165, 1.54) is 12.1 Å². The van der Waals surface area contributed by atoms with Gasteiger partial charge in [-0.1, -0.05) is 5.16 Å². The molecule has 0 fully saturated rings. The summed E-state index contributed by atoms with van der Waals surface area (Å²) >= 11 is 0. The van der Waals surface area contributed by atoms with E-state index in [0.717, 1.165) is 6.07 Å². The Hall–Kier alpha value is -2.63. The monoisotopic (exact) mass is 245 g/mol. The first kappa shape index (κ1) is 10.5. The number of halogens is 1. The van der Waals surface area contributed by atoms with Crippen molar-refractivity contribution in [1.29, 1.82) is 0 Å². The second-order valence-electron chi connectivity index (χ2n) is 3.67. The second kappa shape index (κ2) is 3.99. The fourth-order valence-corrected chi connectivity index (χ4v) is 1.60. The first-order valence-electron chi connectivity index (χ1n) is 5.20. The SMILES string of the molecule is Oc1cc(F)ccc1-c1nc(-c2ccc[nH]2)no1. The third kappa shape index (κ3) is 1.73. The van der Waals surface area contributed by atoms with E-state index >= 15 is 0 Å². The van der Waals surface area contributed by atoms with Gasteiger partial charge in [-0.25, -0.2) is 4.39 Å². The highest BCUT2D eigenvalue weighted by Crippen LogP contribution is 2.29. The fraction of sp³-hybridized carbons (Fsp3) is 0. The number of hydrogen-bond acceptors (Lipinski definition) is 4. The topological polar surface area (TPSA) is 74.9 Å². The summed E-state index contributed by atoms with van der Waals surface area (Å²) in [6.07, 6.45) is 1.74. The van der Waals surface area contributed by atoms with E-state index in [4.69, 9.17) is 4.52 Å². The van der Waals surface area contributed by atoms with Crippen LogP contribution in [0.2, 0.25) is 0 Å². The van der Waals surface area contributed by atoms with Crippen molar-refractivity contribution in [3.8, 4) is 28.7 Å². The predicted molar refractivity (Wildman–Crippen MR) is 61.1 cm³/mol. The fourth-order valence-electron chi connectivity index (χ4n) is 1.60. The van der Waals surface area contributed by atoms with Gasteiger partial charge in [-0.3, -0.25) is 0 Å². The second-order valence-corrected chi connectivity index (χ2v) is 3.67. The van der Waals surface area contributed by atoms with E-state index in [1.807, 2.05) is 0 Å². The van der Waals surface area contributed by atoms with Crippen LogP contribution in [0.1, 0.15) is 0 Å². The van der Waals surface area contributed by atoms with Gasteiger partial charge < -0.3 is 14.6 Å². The van der Waals surface area contributed by atoms with Crippen LogP contribution < -0.4 is 0 Å². The molecule has 0 amide bonds. The Labute approximate surface area is 101 Å². The molecule has 0 aliphatic rings. The normalized spacial score (nSPS) is 10.7. The van der Waals surface area contributed by atoms with E-state index in [1.54, 1.807) is 18.3 Å². The quantitative estimate of drug-likeness (QED) is 0.727. The molecule has 3 aromatic rings. The van der Waals surface area contributed by atoms with Crippen molar-refractivity contribution < 1.29 is 14.0 Å². The largest absolute Gasteiger partial charge is 0.507 e. The molecule has 2 N–H and O–H groups in total. The summed E-state index contributed by atoms with van der Waals surface area (Å²) in [4.78, 5) is 7.06. The van der Waals surface area contributed by atoms with Crippen LogP contribution >= 0.6 is 0 Å². The van der Waals surface area contributed by atoms with Crippen LogP contribution in [0.4, 0.5) is 4.39 Å². The first-order valence-corrected chi connectivity index (χ1v) is 5.20. The highest BCUT2D eigenvalue weighted by atomic mass is 19.1. The summed E-state index contributed by atoms with van der Waals surface area (Å²) in [5, 5.41) is 13.4. The number of hydrogen-bond donors (Lipinski definition) is 2. The molecule has 18 heavy (non-hydrogen) atoms. The molecule has 2 aromatic heterocycles. The lowest BCUT2D eigenvalue weighted by atomic mass is 10.2. The maximum atomic E-state index is 12.9. The number of rotatable bonds is 2. The molecule has 0 saturated carbocycles. The Balaban J connectivity index is 2.03. The number of nitrogens with one attached hydrogen (secondary N) is 1. The Morgan fingerprint density at radius 3 is 2.89 bits per heavy atom. The van der Waals surface area contributed by atoms with Gasteiger partial charge in [-0.2, -0.15) is 4.98 Å². The minimum Gasteiger partial charge on any atom is -0.507 e. The molecule has 1 aromatic carbocycles. The average Bonchev–Trinajstić information content (AvgIpc) is 2.99. The molecule has 0 bridgehead atoms. The smallest absolute Gasteiger partial charge is 0.262 e. The van der Waals surface area contributed by atoms with Crippen molar-refractivity contribution >= 4 is 0 Å². The summed E-state index contributed by atoms with van der Waals surface area (Å²) in [6, 6.07) is 7.19. The molecular weight excluding hydrogens is 237 g/mol. The number of aromatic nitrogens is 3. The number of aromatic hydroxyl groups is 1. The molecule has 0 unspecified atom stereocenters. The number of H-pyrrole nitrogens is 1. The Morgan fingerprint density at radius 2 is 2.17 bits per heavy atom. The summed E-state index contributed by atoms with van der Waals surface area (Å²) in [5.74, 6) is -0.257. The lowest BCUT2D eigenvalue weighted by molar-refractivity contribution is 0.424. The average molecular weight is 245 g/mol. The lowest BCUT2D eigenvalue weighted by Crippen LogP contribution is -1.82. The summed E-state index contributed by atoms with van der Waals surface area (Å²) < 4.78 is 17.9. The molecule has 0 radical (unpaired) electrons. The summed E-state index contributed by atoms with van der Waals surface area (Å²) in [7, 11) is 0. The molecule has 0 aliphatic heterocycles. The predicted octanol–water partition coefficient (Wildman–Crippen LogP) is 2.58. The molecule has 0 spiro atoms. The van der Waals surface area contributed by atoms with Crippen LogP contribution in [-0.4, -0.2) is 20.2 Å². The van der Waals surface area contributed by atoms with E-state index in [9.17, 15) is 9.50 Å². The standard InChI is InChI=1S/C12H8FN3O2/c13-7-3-4-8(10(17)6-7)12-15-11(16-18-12)9-2-1-5-14-9/h1-6,14,17H. The molecule has 90 valence electrons. The number of phenolic OH excluding ortho intramolecular Hbond substituents is 1. The van der Waals surface area contributed by atoms with Gasteiger partial charge in [-0.15, -0.1) is 0 Å². The van der Waals surface area contributed by atoms with Gasteiger partial charge in [0, 0.05) is 12.3 Å². The van der Waals surface area contributed by atoms with Crippen molar-refractivity contribution in [2.75, 3.05) is 0 Å². The van der Waals surface area contributed by atoms with E-state index in [2.05, 4.69) is 15.1 Å². The van der Waals surface area contributed by atoms with E-state index < -0.39 is 5.82 Å². The van der Waals surface area contributed by atoms with Gasteiger partial charge in [0.05, 0.1) is 11.3 Å². The molecule has 0 atom stereocenters. The summed E-state index contributed by atoms with van der Waals surface area (Å²) in [5.41, 5.74) is 0.994. The van der Waals surface area contributed by atoms with Crippen LogP contribution in [-0.2, 0) is 0 Å². The van der Waals surface area contributed by atoms with E-state index in [0.29, 0.717) is 17.1 Å². The van der Waals surface area contributed by atoms with E-state index in [-0.39, 0.29) is 11.6 Å². The Kier molecular flexibility index (Phi) is 2.33. The molecule has 0 saturated heterocycles. The zero-order valence-corrected chi connectivity index (χ0v) is 9.09. The molecule has 6 heteroatoms. The highest BCUT2D eigenvalue weighted by Gasteiger charge is 2.14. The first-order chi connectivity index (χ1) is 8.74. The zero-order valence-electron chi connectivity index (χ0n) is 9.09. The van der Waals surface area contributed by atoms with Gasteiger partial charge in [0.15, 0.2) is 0 Å². The molecule has 2 heterocycles. The number of benzene rings is 1. The van der Waals surface area contributed by atoms with Crippen LogP contribution in [0.3, 0.4) is 0 Å². The van der Waals surface area contributed by atoms with Crippen molar-refractivity contribution in [2.45, 2.75) is 0 Å². The zero-order chi connectivity index (χ0) is 12.5. The Bertz CT molecular complexity index is 676. The maximum absolute atomic E-state index is 12.9. The highest BCUT2D eigenvalue weighted by molar-refractivity contribution is 5.63. The third-order valence-corrected chi connectivity index (χ3v) is 2.46.